The van der Waals surface area contributed by atoms with Gasteiger partial charge in [-0.3, -0.25) is 14.9 Å². The molecule has 0 aliphatic carbocycles. The average Bonchev–Trinajstić information content (AvgIpc) is 2.84. The summed E-state index contributed by atoms with van der Waals surface area (Å²) in [7, 11) is 1.46. The molecule has 0 heterocycles. The summed E-state index contributed by atoms with van der Waals surface area (Å²) in [4.78, 5) is 22.8. The Morgan fingerprint density at radius 3 is 2.53 bits per heavy atom. The quantitative estimate of drug-likeness (QED) is 0.175. The van der Waals surface area contributed by atoms with Crippen molar-refractivity contribution in [2.24, 2.45) is 0 Å². The Labute approximate surface area is 205 Å². The predicted molar refractivity (Wildman–Crippen MR) is 129 cm³/mol. The maximum Gasteiger partial charge on any atom is 0.269 e. The molecule has 0 aromatic heterocycles. The van der Waals surface area contributed by atoms with Crippen LogP contribution < -0.4 is 14.8 Å². The number of nitriles is 1. The number of hydrogen-bond donors (Lipinski definition) is 1. The number of benzene rings is 3. The van der Waals surface area contributed by atoms with E-state index < -0.39 is 10.8 Å². The van der Waals surface area contributed by atoms with Gasteiger partial charge in [0.1, 0.15) is 18.2 Å². The van der Waals surface area contributed by atoms with Gasteiger partial charge in [-0.2, -0.15) is 5.26 Å². The Balaban J connectivity index is 1.75. The van der Waals surface area contributed by atoms with Crippen LogP contribution in [0.5, 0.6) is 11.5 Å². The summed E-state index contributed by atoms with van der Waals surface area (Å²) in [6.45, 7) is 0.162. The van der Waals surface area contributed by atoms with Crippen LogP contribution >= 0.6 is 23.2 Å². The van der Waals surface area contributed by atoms with Crippen LogP contribution in [0.1, 0.15) is 11.1 Å². The van der Waals surface area contributed by atoms with Crippen LogP contribution in [0.2, 0.25) is 10.0 Å². The molecule has 3 rings (SSSR count). The molecule has 3 aromatic carbocycles. The van der Waals surface area contributed by atoms with Gasteiger partial charge in [-0.1, -0.05) is 35.3 Å². The van der Waals surface area contributed by atoms with Crippen molar-refractivity contribution in [1.82, 2.24) is 0 Å². The Hall–Kier alpha value is -4.06. The number of nitrogens with one attached hydrogen (secondary N) is 1. The number of nitrogens with zero attached hydrogens (tertiary/aromatic N) is 2. The van der Waals surface area contributed by atoms with Gasteiger partial charge in [-0.15, -0.1) is 0 Å². The number of anilines is 1. The summed E-state index contributed by atoms with van der Waals surface area (Å²) in [6.07, 6.45) is 1.40. The second kappa shape index (κ2) is 11.2. The number of halogens is 2. The molecule has 1 amide bonds. The summed E-state index contributed by atoms with van der Waals surface area (Å²) in [5.74, 6) is 0.155. The SMILES string of the molecule is COc1cc(/C=C(/C#N)C(=O)Nc2cccc(Cl)c2Cl)ccc1OCc1ccc([N+](=O)[O-])cc1. The van der Waals surface area contributed by atoms with Crippen molar-refractivity contribution in [2.75, 3.05) is 12.4 Å². The summed E-state index contributed by atoms with van der Waals surface area (Å²) in [5, 5.41) is 23.2. The minimum atomic E-state index is -0.649. The summed E-state index contributed by atoms with van der Waals surface area (Å²) in [5.41, 5.74) is 1.39. The fourth-order valence-electron chi connectivity index (χ4n) is 2.87. The van der Waals surface area contributed by atoms with E-state index in [4.69, 9.17) is 32.7 Å². The van der Waals surface area contributed by atoms with E-state index in [0.717, 1.165) is 5.56 Å². The van der Waals surface area contributed by atoms with Crippen LogP contribution in [0.4, 0.5) is 11.4 Å². The first-order chi connectivity index (χ1) is 16.3. The third-order valence-electron chi connectivity index (χ3n) is 4.61. The van der Waals surface area contributed by atoms with Crippen LogP contribution in [-0.4, -0.2) is 17.9 Å². The lowest BCUT2D eigenvalue weighted by molar-refractivity contribution is -0.384. The van der Waals surface area contributed by atoms with Crippen LogP contribution in [0.3, 0.4) is 0 Å². The van der Waals surface area contributed by atoms with Crippen molar-refractivity contribution in [2.45, 2.75) is 6.61 Å². The number of non-ortho nitro benzene ring substituents is 1. The lowest BCUT2D eigenvalue weighted by atomic mass is 10.1. The number of rotatable bonds is 8. The van der Waals surface area contributed by atoms with Gasteiger partial charge >= 0.3 is 0 Å². The Morgan fingerprint density at radius 2 is 1.88 bits per heavy atom. The molecule has 172 valence electrons. The first-order valence-electron chi connectivity index (χ1n) is 9.73. The monoisotopic (exact) mass is 497 g/mol. The van der Waals surface area contributed by atoms with Crippen molar-refractivity contribution in [3.8, 4) is 17.6 Å². The van der Waals surface area contributed by atoms with Crippen molar-refractivity contribution < 1.29 is 19.2 Å². The first kappa shape index (κ1) is 24.6. The van der Waals surface area contributed by atoms with E-state index in [1.165, 1.54) is 25.3 Å². The van der Waals surface area contributed by atoms with Gasteiger partial charge in [0, 0.05) is 12.1 Å². The molecule has 8 nitrogen and oxygen atoms in total. The van der Waals surface area contributed by atoms with E-state index in [-0.39, 0.29) is 33.6 Å². The van der Waals surface area contributed by atoms with E-state index in [1.54, 1.807) is 48.5 Å². The highest BCUT2D eigenvalue weighted by Gasteiger charge is 2.14. The molecule has 0 aliphatic heterocycles. The van der Waals surface area contributed by atoms with Gasteiger partial charge in [-0.25, -0.2) is 0 Å². The minimum Gasteiger partial charge on any atom is -0.493 e. The van der Waals surface area contributed by atoms with Gasteiger partial charge < -0.3 is 14.8 Å². The zero-order chi connectivity index (χ0) is 24.7. The molecule has 34 heavy (non-hydrogen) atoms. The molecule has 0 bridgehead atoms. The van der Waals surface area contributed by atoms with Gasteiger partial charge in [-0.05, 0) is 53.6 Å². The normalized spacial score (nSPS) is 10.8. The largest absolute Gasteiger partial charge is 0.493 e. The van der Waals surface area contributed by atoms with Gasteiger partial charge in [0.05, 0.1) is 27.8 Å². The molecule has 0 aliphatic rings. The van der Waals surface area contributed by atoms with Gasteiger partial charge in [0.25, 0.3) is 11.6 Å². The van der Waals surface area contributed by atoms with Crippen molar-refractivity contribution in [3.63, 3.8) is 0 Å². The van der Waals surface area contributed by atoms with E-state index in [2.05, 4.69) is 5.32 Å². The third-order valence-corrected chi connectivity index (χ3v) is 5.42. The van der Waals surface area contributed by atoms with Gasteiger partial charge in [0.15, 0.2) is 11.5 Å². The second-order valence-corrected chi connectivity index (χ2v) is 7.63. The minimum absolute atomic E-state index is 0.00700. The molecule has 0 unspecified atom stereocenters. The first-order valence-corrected chi connectivity index (χ1v) is 10.5. The number of ether oxygens (including phenoxy) is 2. The lowest BCUT2D eigenvalue weighted by Crippen LogP contribution is -2.13. The van der Waals surface area contributed by atoms with E-state index >= 15 is 0 Å². The fraction of sp³-hybridized carbons (Fsp3) is 0.0833. The van der Waals surface area contributed by atoms with E-state index in [1.807, 2.05) is 6.07 Å². The summed E-state index contributed by atoms with van der Waals surface area (Å²) >= 11 is 12.0. The molecule has 3 aromatic rings. The molecule has 10 heteroatoms. The molecule has 0 saturated carbocycles. The zero-order valence-electron chi connectivity index (χ0n) is 17.7. The Morgan fingerprint density at radius 1 is 1.15 bits per heavy atom. The number of nitro benzene ring substituents is 1. The fourth-order valence-corrected chi connectivity index (χ4v) is 3.22. The van der Waals surface area contributed by atoms with Crippen LogP contribution in [0, 0.1) is 21.4 Å². The molecule has 0 saturated heterocycles. The number of methoxy groups -OCH3 is 1. The number of hydrogen-bond acceptors (Lipinski definition) is 6. The number of amides is 1. The molecule has 1 N–H and O–H groups in total. The van der Waals surface area contributed by atoms with E-state index in [9.17, 15) is 20.2 Å². The Bertz CT molecular complexity index is 1300. The van der Waals surface area contributed by atoms with Crippen molar-refractivity contribution in [3.05, 3.63) is 97.5 Å². The number of carbonyl (C=O) groups is 1. The highest BCUT2D eigenvalue weighted by Crippen LogP contribution is 2.31. The molecule has 0 atom stereocenters. The molecular weight excluding hydrogens is 481 g/mol. The molecule has 0 radical (unpaired) electrons. The molecular formula is C24H17Cl2N3O5. The maximum absolute atomic E-state index is 12.6. The van der Waals surface area contributed by atoms with Crippen LogP contribution in [0.25, 0.3) is 6.08 Å². The third kappa shape index (κ3) is 6.04. The summed E-state index contributed by atoms with van der Waals surface area (Å²) in [6, 6.07) is 17.6. The standard InChI is InChI=1S/C24H17Cl2N3O5/c1-33-22-12-16(7-10-21(22)34-14-15-5-8-18(9-6-15)29(31)32)11-17(13-27)24(30)28-20-4-2-3-19(25)23(20)26/h2-12H,14H2,1H3,(H,28,30)/b17-11-. The topological polar surface area (TPSA) is 114 Å². The van der Waals surface area contributed by atoms with Crippen molar-refractivity contribution in [1.29, 1.82) is 5.26 Å². The number of nitro groups is 1. The molecule has 0 fully saturated rings. The Kier molecular flexibility index (Phi) is 8.09. The van der Waals surface area contributed by atoms with Gasteiger partial charge in [0.2, 0.25) is 0 Å². The maximum atomic E-state index is 12.6. The average molecular weight is 498 g/mol. The smallest absolute Gasteiger partial charge is 0.269 e. The lowest BCUT2D eigenvalue weighted by Gasteiger charge is -2.12. The van der Waals surface area contributed by atoms with Crippen molar-refractivity contribution >= 4 is 46.6 Å². The summed E-state index contributed by atoms with van der Waals surface area (Å²) < 4.78 is 11.1. The van der Waals surface area contributed by atoms with E-state index in [0.29, 0.717) is 17.1 Å². The highest BCUT2D eigenvalue weighted by molar-refractivity contribution is 6.44. The zero-order valence-corrected chi connectivity index (χ0v) is 19.3. The second-order valence-electron chi connectivity index (χ2n) is 6.85. The molecule has 0 spiro atoms. The number of carbonyl (C=O) groups excluding carboxylic acids is 1. The van der Waals surface area contributed by atoms with Crippen LogP contribution in [-0.2, 0) is 11.4 Å². The van der Waals surface area contributed by atoms with Crippen LogP contribution in [0.15, 0.2) is 66.2 Å². The predicted octanol–water partition coefficient (Wildman–Crippen LogP) is 6.03. The highest BCUT2D eigenvalue weighted by atomic mass is 35.5.